The van der Waals surface area contributed by atoms with Crippen molar-refractivity contribution in [1.82, 2.24) is 0 Å². The van der Waals surface area contributed by atoms with E-state index in [1.807, 2.05) is 12.2 Å². The minimum atomic E-state index is -0.246. The van der Waals surface area contributed by atoms with E-state index in [-0.39, 0.29) is 24.5 Å². The van der Waals surface area contributed by atoms with Crippen LogP contribution < -0.4 is 0 Å². The third-order valence-corrected chi connectivity index (χ3v) is 2.79. The lowest BCUT2D eigenvalue weighted by molar-refractivity contribution is -0.181. The summed E-state index contributed by atoms with van der Waals surface area (Å²) < 4.78 is 16.3. The van der Waals surface area contributed by atoms with E-state index in [4.69, 9.17) is 14.2 Å². The Morgan fingerprint density at radius 1 is 1.31 bits per heavy atom. The van der Waals surface area contributed by atoms with Gasteiger partial charge in [-0.3, -0.25) is 4.79 Å². The van der Waals surface area contributed by atoms with E-state index in [9.17, 15) is 4.79 Å². The number of ether oxygens (including phenoxy) is 3. The molecule has 0 amide bonds. The van der Waals surface area contributed by atoms with Gasteiger partial charge in [-0.1, -0.05) is 6.08 Å². The van der Waals surface area contributed by atoms with Crippen LogP contribution >= 0.6 is 0 Å². The molecule has 0 saturated carbocycles. The molecule has 90 valence electrons. The Morgan fingerprint density at radius 3 is 2.81 bits per heavy atom. The van der Waals surface area contributed by atoms with Crippen molar-refractivity contribution in [3.8, 4) is 0 Å². The summed E-state index contributed by atoms with van der Waals surface area (Å²) in [5, 5.41) is 0. The van der Waals surface area contributed by atoms with Crippen molar-refractivity contribution in [2.75, 3.05) is 6.61 Å². The Balaban J connectivity index is 1.72. The van der Waals surface area contributed by atoms with Crippen LogP contribution in [0.15, 0.2) is 12.2 Å². The summed E-state index contributed by atoms with van der Waals surface area (Å²) in [5.41, 5.74) is 0. The van der Waals surface area contributed by atoms with Gasteiger partial charge in [-0.25, -0.2) is 0 Å². The fourth-order valence-corrected chi connectivity index (χ4v) is 2.05. The Morgan fingerprint density at radius 2 is 2.12 bits per heavy atom. The van der Waals surface area contributed by atoms with Gasteiger partial charge in [0.2, 0.25) is 0 Å². The van der Waals surface area contributed by atoms with Crippen molar-refractivity contribution in [1.29, 1.82) is 0 Å². The molecule has 16 heavy (non-hydrogen) atoms. The third kappa shape index (κ3) is 3.32. The average molecular weight is 226 g/mol. The van der Waals surface area contributed by atoms with Gasteiger partial charge in [0.15, 0.2) is 6.29 Å². The highest BCUT2D eigenvalue weighted by Crippen LogP contribution is 2.22. The highest BCUT2D eigenvalue weighted by Gasteiger charge is 2.25. The maximum absolute atomic E-state index is 10.8. The van der Waals surface area contributed by atoms with Crippen LogP contribution in [0.4, 0.5) is 0 Å². The highest BCUT2D eigenvalue weighted by molar-refractivity contribution is 5.66. The molecule has 1 fully saturated rings. The van der Waals surface area contributed by atoms with Crippen molar-refractivity contribution in [3.63, 3.8) is 0 Å². The molecule has 3 atom stereocenters. The zero-order valence-electron chi connectivity index (χ0n) is 9.56. The summed E-state index contributed by atoms with van der Waals surface area (Å²) in [7, 11) is 0. The van der Waals surface area contributed by atoms with Crippen molar-refractivity contribution in [3.05, 3.63) is 12.2 Å². The predicted octanol–water partition coefficient (Wildman–Crippen LogP) is 1.79. The standard InChI is InChI=1S/C12H18O4/c1-9(13)15-10-5-6-11(8-10)16-12-4-2-3-7-14-12/h5-6,10-12H,2-4,7-8H2,1H3/t10-,11-,12?/m1/s1. The Kier molecular flexibility index (Phi) is 3.96. The Hall–Kier alpha value is -0.870. The molecular formula is C12H18O4. The van der Waals surface area contributed by atoms with Gasteiger partial charge >= 0.3 is 5.97 Å². The summed E-state index contributed by atoms with van der Waals surface area (Å²) in [6, 6.07) is 0. The maximum Gasteiger partial charge on any atom is 0.303 e. The Bertz CT molecular complexity index is 268. The largest absolute Gasteiger partial charge is 0.458 e. The second kappa shape index (κ2) is 5.46. The van der Waals surface area contributed by atoms with Crippen LogP contribution in [-0.4, -0.2) is 31.1 Å². The highest BCUT2D eigenvalue weighted by atomic mass is 16.7. The topological polar surface area (TPSA) is 44.8 Å². The Labute approximate surface area is 95.6 Å². The lowest BCUT2D eigenvalue weighted by atomic mass is 10.2. The molecule has 1 aliphatic heterocycles. The predicted molar refractivity (Wildman–Crippen MR) is 57.8 cm³/mol. The summed E-state index contributed by atoms with van der Waals surface area (Å²) in [5.74, 6) is -0.246. The van der Waals surface area contributed by atoms with Crippen LogP contribution in [0.1, 0.15) is 32.6 Å². The van der Waals surface area contributed by atoms with Crippen molar-refractivity contribution < 1.29 is 19.0 Å². The molecule has 0 bridgehead atoms. The van der Waals surface area contributed by atoms with E-state index in [1.54, 1.807) is 0 Å². The fraction of sp³-hybridized carbons (Fsp3) is 0.750. The smallest absolute Gasteiger partial charge is 0.303 e. The minimum Gasteiger partial charge on any atom is -0.458 e. The molecule has 0 radical (unpaired) electrons. The number of rotatable bonds is 3. The van der Waals surface area contributed by atoms with Crippen LogP contribution in [-0.2, 0) is 19.0 Å². The molecule has 0 aromatic rings. The molecule has 0 N–H and O–H groups in total. The molecule has 1 saturated heterocycles. The molecule has 1 unspecified atom stereocenters. The number of esters is 1. The van der Waals surface area contributed by atoms with Gasteiger partial charge in [0, 0.05) is 20.0 Å². The van der Waals surface area contributed by atoms with Gasteiger partial charge in [0.05, 0.1) is 6.10 Å². The molecule has 2 aliphatic rings. The molecule has 1 heterocycles. The quantitative estimate of drug-likeness (QED) is 0.543. The van der Waals surface area contributed by atoms with Crippen LogP contribution in [0.25, 0.3) is 0 Å². The van der Waals surface area contributed by atoms with Gasteiger partial charge in [-0.05, 0) is 25.3 Å². The van der Waals surface area contributed by atoms with Crippen LogP contribution in [0, 0.1) is 0 Å². The first-order valence-electron chi connectivity index (χ1n) is 5.86. The molecular weight excluding hydrogens is 208 g/mol. The van der Waals surface area contributed by atoms with Crippen molar-refractivity contribution in [2.45, 2.75) is 51.1 Å². The second-order valence-electron chi connectivity index (χ2n) is 4.24. The van der Waals surface area contributed by atoms with E-state index in [2.05, 4.69) is 0 Å². The number of hydrogen-bond donors (Lipinski definition) is 0. The van der Waals surface area contributed by atoms with Gasteiger partial charge in [-0.15, -0.1) is 0 Å². The van der Waals surface area contributed by atoms with E-state index < -0.39 is 0 Å². The number of hydrogen-bond acceptors (Lipinski definition) is 4. The summed E-state index contributed by atoms with van der Waals surface area (Å²) in [4.78, 5) is 10.8. The maximum atomic E-state index is 10.8. The lowest BCUT2D eigenvalue weighted by Gasteiger charge is -2.25. The fourth-order valence-electron chi connectivity index (χ4n) is 2.05. The minimum absolute atomic E-state index is 0.0208. The zero-order valence-corrected chi connectivity index (χ0v) is 9.56. The third-order valence-electron chi connectivity index (χ3n) is 2.79. The summed E-state index contributed by atoms with van der Waals surface area (Å²) in [6.07, 6.45) is 7.59. The SMILES string of the molecule is CC(=O)O[C@@H]1C=C[C@@H](OC2CCCCO2)C1. The molecule has 4 heteroatoms. The monoisotopic (exact) mass is 226 g/mol. The molecule has 4 nitrogen and oxygen atoms in total. The number of carbonyl (C=O) groups is 1. The molecule has 1 aliphatic carbocycles. The van der Waals surface area contributed by atoms with E-state index in [1.165, 1.54) is 6.92 Å². The summed E-state index contributed by atoms with van der Waals surface area (Å²) >= 11 is 0. The van der Waals surface area contributed by atoms with Crippen LogP contribution in [0.3, 0.4) is 0 Å². The van der Waals surface area contributed by atoms with E-state index in [0.717, 1.165) is 25.9 Å². The van der Waals surface area contributed by atoms with Crippen LogP contribution in [0.5, 0.6) is 0 Å². The van der Waals surface area contributed by atoms with E-state index >= 15 is 0 Å². The van der Waals surface area contributed by atoms with Crippen molar-refractivity contribution >= 4 is 5.97 Å². The van der Waals surface area contributed by atoms with Gasteiger partial charge in [0.25, 0.3) is 0 Å². The molecule has 2 rings (SSSR count). The first-order chi connectivity index (χ1) is 7.74. The van der Waals surface area contributed by atoms with Crippen LogP contribution in [0.2, 0.25) is 0 Å². The average Bonchev–Trinajstić information content (AvgIpc) is 2.66. The summed E-state index contributed by atoms with van der Waals surface area (Å²) in [6.45, 7) is 2.21. The van der Waals surface area contributed by atoms with Gasteiger partial charge < -0.3 is 14.2 Å². The van der Waals surface area contributed by atoms with E-state index in [0.29, 0.717) is 6.42 Å². The molecule has 0 aromatic carbocycles. The number of carbonyl (C=O) groups excluding carboxylic acids is 1. The molecule has 0 aromatic heterocycles. The van der Waals surface area contributed by atoms with Gasteiger partial charge in [-0.2, -0.15) is 0 Å². The zero-order chi connectivity index (χ0) is 11.4. The normalized spacial score (nSPS) is 33.9. The first-order valence-corrected chi connectivity index (χ1v) is 5.86. The first kappa shape index (κ1) is 11.6. The lowest BCUT2D eigenvalue weighted by Crippen LogP contribution is -2.27. The van der Waals surface area contributed by atoms with Gasteiger partial charge in [0.1, 0.15) is 6.10 Å². The second-order valence-corrected chi connectivity index (χ2v) is 4.24. The molecule has 0 spiro atoms. The van der Waals surface area contributed by atoms with Crippen molar-refractivity contribution in [2.24, 2.45) is 0 Å².